The van der Waals surface area contributed by atoms with Crippen LogP contribution in [-0.4, -0.2) is 12.5 Å². The zero-order chi connectivity index (χ0) is 14.6. The number of benzene rings is 1. The Morgan fingerprint density at radius 2 is 1.75 bits per heavy atom. The molecule has 0 spiro atoms. The molecule has 1 amide bonds. The molecular weight excluding hydrogens is 248 g/mol. The number of amides is 1. The summed E-state index contributed by atoms with van der Waals surface area (Å²) in [7, 11) is 0. The Morgan fingerprint density at radius 3 is 2.45 bits per heavy atom. The van der Waals surface area contributed by atoms with Crippen LogP contribution in [0.2, 0.25) is 0 Å². The van der Waals surface area contributed by atoms with Crippen LogP contribution in [0.25, 0.3) is 0 Å². The molecule has 1 aromatic carbocycles. The van der Waals surface area contributed by atoms with E-state index in [9.17, 15) is 4.79 Å². The summed E-state index contributed by atoms with van der Waals surface area (Å²) in [6.45, 7) is 2.72. The Kier molecular flexibility index (Phi) is 8.72. The second-order valence-corrected chi connectivity index (χ2v) is 5.34. The van der Waals surface area contributed by atoms with Gasteiger partial charge in [0.15, 0.2) is 0 Å². The second kappa shape index (κ2) is 10.4. The van der Waals surface area contributed by atoms with Crippen molar-refractivity contribution in [3.05, 3.63) is 35.9 Å². The lowest BCUT2D eigenvalue weighted by Crippen LogP contribution is -2.31. The highest BCUT2D eigenvalue weighted by molar-refractivity contribution is 5.75. The van der Waals surface area contributed by atoms with Gasteiger partial charge in [-0.15, -0.1) is 0 Å². The monoisotopic (exact) mass is 276 g/mol. The molecule has 0 bridgehead atoms. The first-order valence-electron chi connectivity index (χ1n) is 7.81. The number of hydrogen-bond acceptors (Lipinski definition) is 2. The van der Waals surface area contributed by atoms with Crippen molar-refractivity contribution in [1.82, 2.24) is 5.32 Å². The predicted octanol–water partition coefficient (Wildman–Crippen LogP) is 3.55. The van der Waals surface area contributed by atoms with Crippen LogP contribution >= 0.6 is 0 Å². The van der Waals surface area contributed by atoms with Gasteiger partial charge in [-0.05, 0) is 12.0 Å². The molecule has 0 aliphatic rings. The van der Waals surface area contributed by atoms with E-state index < -0.39 is 0 Å². The maximum Gasteiger partial charge on any atom is 0.220 e. The molecule has 0 saturated heterocycles. The number of rotatable bonds is 10. The van der Waals surface area contributed by atoms with Gasteiger partial charge in [0.1, 0.15) is 0 Å². The van der Waals surface area contributed by atoms with Crippen LogP contribution in [0.4, 0.5) is 0 Å². The lowest BCUT2D eigenvalue weighted by molar-refractivity contribution is -0.121. The smallest absolute Gasteiger partial charge is 0.220 e. The van der Waals surface area contributed by atoms with Gasteiger partial charge >= 0.3 is 0 Å². The molecule has 0 aromatic heterocycles. The number of unbranched alkanes of at least 4 members (excludes halogenated alkanes) is 5. The average Bonchev–Trinajstić information content (AvgIpc) is 2.49. The van der Waals surface area contributed by atoms with Crippen molar-refractivity contribution in [2.75, 3.05) is 6.54 Å². The van der Waals surface area contributed by atoms with Gasteiger partial charge in [0.2, 0.25) is 5.91 Å². The highest BCUT2D eigenvalue weighted by Gasteiger charge is 2.07. The number of carbonyl (C=O) groups is 1. The molecule has 20 heavy (non-hydrogen) atoms. The minimum Gasteiger partial charge on any atom is -0.354 e. The SMILES string of the molecule is CCCCCCCCC(=O)NCC(N)c1ccccc1. The van der Waals surface area contributed by atoms with Gasteiger partial charge in [0.25, 0.3) is 0 Å². The van der Waals surface area contributed by atoms with Crippen LogP contribution in [0.1, 0.15) is 63.5 Å². The second-order valence-electron chi connectivity index (χ2n) is 5.34. The summed E-state index contributed by atoms with van der Waals surface area (Å²) in [4.78, 5) is 11.7. The number of nitrogens with one attached hydrogen (secondary N) is 1. The fraction of sp³-hybridized carbons (Fsp3) is 0.588. The molecule has 112 valence electrons. The number of carbonyl (C=O) groups excluding carboxylic acids is 1. The number of nitrogens with two attached hydrogens (primary N) is 1. The first-order chi connectivity index (χ1) is 9.74. The van der Waals surface area contributed by atoms with Gasteiger partial charge in [-0.25, -0.2) is 0 Å². The molecule has 0 aliphatic carbocycles. The lowest BCUT2D eigenvalue weighted by atomic mass is 10.1. The Morgan fingerprint density at radius 1 is 1.10 bits per heavy atom. The summed E-state index contributed by atoms with van der Waals surface area (Å²) in [5, 5.41) is 2.92. The largest absolute Gasteiger partial charge is 0.354 e. The molecule has 0 heterocycles. The summed E-state index contributed by atoms with van der Waals surface area (Å²) < 4.78 is 0. The van der Waals surface area contributed by atoms with Crippen molar-refractivity contribution in [2.45, 2.75) is 57.9 Å². The maximum atomic E-state index is 11.7. The van der Waals surface area contributed by atoms with Crippen molar-refractivity contribution >= 4 is 5.91 Å². The third-order valence-corrected chi connectivity index (χ3v) is 3.50. The third-order valence-electron chi connectivity index (χ3n) is 3.50. The summed E-state index contributed by atoms with van der Waals surface area (Å²) in [5.74, 6) is 0.117. The van der Waals surface area contributed by atoms with Crippen molar-refractivity contribution in [1.29, 1.82) is 0 Å². The van der Waals surface area contributed by atoms with E-state index in [4.69, 9.17) is 5.73 Å². The van der Waals surface area contributed by atoms with Gasteiger partial charge in [0, 0.05) is 19.0 Å². The van der Waals surface area contributed by atoms with Gasteiger partial charge in [-0.2, -0.15) is 0 Å². The average molecular weight is 276 g/mol. The molecule has 1 unspecified atom stereocenters. The molecular formula is C17H28N2O. The van der Waals surface area contributed by atoms with E-state index in [0.29, 0.717) is 13.0 Å². The standard InChI is InChI=1S/C17H28N2O/c1-2-3-4-5-6-10-13-17(20)19-14-16(18)15-11-8-7-9-12-15/h7-9,11-12,16H,2-6,10,13-14,18H2,1H3,(H,19,20). The van der Waals surface area contributed by atoms with E-state index in [0.717, 1.165) is 18.4 Å². The van der Waals surface area contributed by atoms with Gasteiger partial charge in [-0.1, -0.05) is 69.4 Å². The van der Waals surface area contributed by atoms with Gasteiger partial charge in [-0.3, -0.25) is 4.79 Å². The van der Waals surface area contributed by atoms with Crippen LogP contribution in [0.3, 0.4) is 0 Å². The lowest BCUT2D eigenvalue weighted by Gasteiger charge is -2.13. The van der Waals surface area contributed by atoms with Crippen molar-refractivity contribution in [2.24, 2.45) is 5.73 Å². The molecule has 1 rings (SSSR count). The Bertz CT molecular complexity index is 365. The van der Waals surface area contributed by atoms with Gasteiger partial charge < -0.3 is 11.1 Å². The fourth-order valence-corrected chi connectivity index (χ4v) is 2.20. The highest BCUT2D eigenvalue weighted by atomic mass is 16.1. The van der Waals surface area contributed by atoms with Crippen molar-refractivity contribution < 1.29 is 4.79 Å². The van der Waals surface area contributed by atoms with Crippen LogP contribution in [0.5, 0.6) is 0 Å². The highest BCUT2D eigenvalue weighted by Crippen LogP contribution is 2.09. The van der Waals surface area contributed by atoms with E-state index in [-0.39, 0.29) is 11.9 Å². The Hall–Kier alpha value is -1.35. The molecule has 0 fully saturated rings. The maximum absolute atomic E-state index is 11.7. The predicted molar refractivity (Wildman–Crippen MR) is 84.4 cm³/mol. The summed E-state index contributed by atoms with van der Waals surface area (Å²) in [6, 6.07) is 9.76. The topological polar surface area (TPSA) is 55.1 Å². The summed E-state index contributed by atoms with van der Waals surface area (Å²) in [5.41, 5.74) is 7.10. The molecule has 1 atom stereocenters. The zero-order valence-corrected chi connectivity index (χ0v) is 12.6. The van der Waals surface area contributed by atoms with E-state index >= 15 is 0 Å². The number of hydrogen-bond donors (Lipinski definition) is 2. The minimum absolute atomic E-state index is 0.117. The first kappa shape index (κ1) is 16.7. The van der Waals surface area contributed by atoms with Crippen LogP contribution in [0, 0.1) is 0 Å². The summed E-state index contributed by atoms with van der Waals surface area (Å²) >= 11 is 0. The van der Waals surface area contributed by atoms with Crippen LogP contribution in [-0.2, 0) is 4.79 Å². The van der Waals surface area contributed by atoms with E-state index in [1.807, 2.05) is 30.3 Å². The quantitative estimate of drug-likeness (QED) is 0.642. The van der Waals surface area contributed by atoms with E-state index in [2.05, 4.69) is 12.2 Å². The normalized spacial score (nSPS) is 12.1. The molecule has 1 aromatic rings. The zero-order valence-electron chi connectivity index (χ0n) is 12.6. The van der Waals surface area contributed by atoms with Crippen LogP contribution in [0.15, 0.2) is 30.3 Å². The Balaban J connectivity index is 2.08. The van der Waals surface area contributed by atoms with Crippen LogP contribution < -0.4 is 11.1 Å². The minimum atomic E-state index is -0.121. The molecule has 3 N–H and O–H groups in total. The Labute approximate surface area is 122 Å². The molecule has 3 heteroatoms. The first-order valence-corrected chi connectivity index (χ1v) is 7.81. The fourth-order valence-electron chi connectivity index (χ4n) is 2.20. The molecule has 0 saturated carbocycles. The summed E-state index contributed by atoms with van der Waals surface area (Å²) in [6.07, 6.45) is 7.85. The molecule has 0 radical (unpaired) electrons. The van der Waals surface area contributed by atoms with Crippen molar-refractivity contribution in [3.63, 3.8) is 0 Å². The molecule has 3 nitrogen and oxygen atoms in total. The van der Waals surface area contributed by atoms with E-state index in [1.165, 1.54) is 25.7 Å². The van der Waals surface area contributed by atoms with Crippen molar-refractivity contribution in [3.8, 4) is 0 Å². The van der Waals surface area contributed by atoms with E-state index in [1.54, 1.807) is 0 Å². The molecule has 0 aliphatic heterocycles. The third kappa shape index (κ3) is 7.29. The van der Waals surface area contributed by atoms with Gasteiger partial charge in [0.05, 0.1) is 0 Å².